The van der Waals surface area contributed by atoms with Gasteiger partial charge in [0.25, 0.3) is 0 Å². The summed E-state index contributed by atoms with van der Waals surface area (Å²) in [7, 11) is 3.10. The van der Waals surface area contributed by atoms with Gasteiger partial charge in [-0.05, 0) is 29.8 Å². The second-order valence-corrected chi connectivity index (χ2v) is 7.38. The Hall–Kier alpha value is -3.26. The average Bonchev–Trinajstić information content (AvgIpc) is 2.82. The molecule has 1 aliphatic heterocycles. The maximum atomic E-state index is 12.1. The Labute approximate surface area is 183 Å². The summed E-state index contributed by atoms with van der Waals surface area (Å²) in [5, 5.41) is 0. The first kappa shape index (κ1) is 22.4. The molecule has 0 bridgehead atoms. The van der Waals surface area contributed by atoms with Crippen molar-refractivity contribution in [1.82, 2.24) is 15.8 Å². The molecule has 0 unspecified atom stereocenters. The lowest BCUT2D eigenvalue weighted by atomic mass is 10.1. The Morgan fingerprint density at radius 3 is 2.23 bits per heavy atom. The number of hydrogen-bond acceptors (Lipinski definition) is 6. The number of nitrogens with zero attached hydrogens (tertiary/aromatic N) is 2. The minimum atomic E-state index is -0.294. The van der Waals surface area contributed by atoms with Crippen LogP contribution in [-0.2, 0) is 16.0 Å². The molecule has 2 N–H and O–H groups in total. The average molecular weight is 427 g/mol. The van der Waals surface area contributed by atoms with E-state index in [1.54, 1.807) is 32.4 Å². The number of carbonyl (C=O) groups excluding carboxylic acids is 2. The third-order valence-corrected chi connectivity index (χ3v) is 5.30. The number of ether oxygens (including phenoxy) is 2. The second-order valence-electron chi connectivity index (χ2n) is 7.38. The predicted octanol–water partition coefficient (Wildman–Crippen LogP) is 1.61. The van der Waals surface area contributed by atoms with Gasteiger partial charge < -0.3 is 14.4 Å². The molecule has 3 rings (SSSR count). The number of benzene rings is 2. The summed E-state index contributed by atoms with van der Waals surface area (Å²) in [6.07, 6.45) is 0.462. The second kappa shape index (κ2) is 11.2. The van der Waals surface area contributed by atoms with Crippen molar-refractivity contribution >= 4 is 17.5 Å². The molecular formula is C23H30N4O4. The summed E-state index contributed by atoms with van der Waals surface area (Å²) in [6, 6.07) is 15.6. The number of anilines is 1. The standard InChI is InChI=1S/C23H30N4O4/c1-30-20-9-8-18(16-21(20)31-2)17-23(29)25-24-22(28)10-11-26-12-14-27(15-13-26)19-6-4-3-5-7-19/h3-9,16H,10-15,17H2,1-2H3,(H,24,28)(H,25,29). The molecule has 8 nitrogen and oxygen atoms in total. The van der Waals surface area contributed by atoms with E-state index in [4.69, 9.17) is 9.47 Å². The molecule has 1 fully saturated rings. The zero-order valence-electron chi connectivity index (χ0n) is 18.1. The molecule has 0 aliphatic carbocycles. The van der Waals surface area contributed by atoms with Crippen molar-refractivity contribution in [3.63, 3.8) is 0 Å². The first-order valence-electron chi connectivity index (χ1n) is 10.4. The summed E-state index contributed by atoms with van der Waals surface area (Å²) in [4.78, 5) is 28.9. The van der Waals surface area contributed by atoms with Gasteiger partial charge in [-0.3, -0.25) is 25.3 Å². The number of hydrogen-bond donors (Lipinski definition) is 2. The number of hydrazine groups is 1. The van der Waals surface area contributed by atoms with E-state index in [-0.39, 0.29) is 18.2 Å². The highest BCUT2D eigenvalue weighted by Gasteiger charge is 2.18. The van der Waals surface area contributed by atoms with Crippen LogP contribution in [0.15, 0.2) is 48.5 Å². The van der Waals surface area contributed by atoms with Crippen LogP contribution in [0.3, 0.4) is 0 Å². The van der Waals surface area contributed by atoms with E-state index in [0.717, 1.165) is 31.7 Å². The third kappa shape index (κ3) is 6.62. The quantitative estimate of drug-likeness (QED) is 0.624. The van der Waals surface area contributed by atoms with E-state index in [1.165, 1.54) is 5.69 Å². The Bertz CT molecular complexity index is 867. The lowest BCUT2D eigenvalue weighted by Gasteiger charge is -2.36. The number of amides is 2. The molecule has 31 heavy (non-hydrogen) atoms. The van der Waals surface area contributed by atoms with Crippen molar-refractivity contribution in [1.29, 1.82) is 0 Å². The van der Waals surface area contributed by atoms with Crippen molar-refractivity contribution < 1.29 is 19.1 Å². The normalized spacial score (nSPS) is 14.1. The largest absolute Gasteiger partial charge is 0.493 e. The Kier molecular flexibility index (Phi) is 8.12. The van der Waals surface area contributed by atoms with Crippen LogP contribution < -0.4 is 25.2 Å². The molecule has 1 saturated heterocycles. The third-order valence-electron chi connectivity index (χ3n) is 5.30. The van der Waals surface area contributed by atoms with E-state index in [0.29, 0.717) is 24.5 Å². The van der Waals surface area contributed by atoms with Gasteiger partial charge in [0, 0.05) is 44.8 Å². The van der Waals surface area contributed by atoms with Crippen molar-refractivity contribution in [2.24, 2.45) is 0 Å². The van der Waals surface area contributed by atoms with Gasteiger partial charge in [0.2, 0.25) is 11.8 Å². The molecule has 0 atom stereocenters. The SMILES string of the molecule is COc1ccc(CC(=O)NNC(=O)CCN2CCN(c3ccccc3)CC2)cc1OC. The fourth-order valence-corrected chi connectivity index (χ4v) is 3.55. The van der Waals surface area contributed by atoms with E-state index >= 15 is 0 Å². The van der Waals surface area contributed by atoms with E-state index in [1.807, 2.05) is 18.2 Å². The van der Waals surface area contributed by atoms with Crippen molar-refractivity contribution in [3.05, 3.63) is 54.1 Å². The topological polar surface area (TPSA) is 83.1 Å². The van der Waals surface area contributed by atoms with Gasteiger partial charge in [0.1, 0.15) is 0 Å². The summed E-state index contributed by atoms with van der Waals surface area (Å²) < 4.78 is 10.4. The number of methoxy groups -OCH3 is 2. The molecule has 2 aromatic carbocycles. The summed E-state index contributed by atoms with van der Waals surface area (Å²) >= 11 is 0. The zero-order chi connectivity index (χ0) is 22.1. The molecule has 0 spiro atoms. The van der Waals surface area contributed by atoms with Gasteiger partial charge in [-0.1, -0.05) is 24.3 Å². The monoisotopic (exact) mass is 426 g/mol. The lowest BCUT2D eigenvalue weighted by molar-refractivity contribution is -0.128. The minimum Gasteiger partial charge on any atom is -0.493 e. The van der Waals surface area contributed by atoms with Gasteiger partial charge in [-0.15, -0.1) is 0 Å². The van der Waals surface area contributed by atoms with Gasteiger partial charge in [0.05, 0.1) is 20.6 Å². The highest BCUT2D eigenvalue weighted by molar-refractivity contribution is 5.83. The van der Waals surface area contributed by atoms with Gasteiger partial charge in [-0.2, -0.15) is 0 Å². The summed E-state index contributed by atoms with van der Waals surface area (Å²) in [5.74, 6) is 0.664. The molecule has 8 heteroatoms. The van der Waals surface area contributed by atoms with Crippen LogP contribution in [0.4, 0.5) is 5.69 Å². The van der Waals surface area contributed by atoms with Crippen LogP contribution in [0.25, 0.3) is 0 Å². The highest BCUT2D eigenvalue weighted by atomic mass is 16.5. The molecule has 2 aromatic rings. The van der Waals surface area contributed by atoms with Crippen LogP contribution in [0.5, 0.6) is 11.5 Å². The molecule has 1 aliphatic rings. The number of carbonyl (C=O) groups is 2. The minimum absolute atomic E-state index is 0.127. The summed E-state index contributed by atoms with van der Waals surface area (Å²) in [6.45, 7) is 4.36. The maximum Gasteiger partial charge on any atom is 0.242 e. The number of rotatable bonds is 8. The molecule has 0 radical (unpaired) electrons. The Morgan fingerprint density at radius 2 is 1.55 bits per heavy atom. The Balaban J connectivity index is 1.34. The fraction of sp³-hybridized carbons (Fsp3) is 0.391. The smallest absolute Gasteiger partial charge is 0.242 e. The van der Waals surface area contributed by atoms with Crippen LogP contribution in [-0.4, -0.2) is 63.7 Å². The van der Waals surface area contributed by atoms with Crippen molar-refractivity contribution in [2.75, 3.05) is 51.8 Å². The van der Waals surface area contributed by atoms with Gasteiger partial charge in [0.15, 0.2) is 11.5 Å². The van der Waals surface area contributed by atoms with Crippen LogP contribution >= 0.6 is 0 Å². The van der Waals surface area contributed by atoms with Crippen LogP contribution in [0.1, 0.15) is 12.0 Å². The van der Waals surface area contributed by atoms with Crippen LogP contribution in [0.2, 0.25) is 0 Å². The molecule has 0 aromatic heterocycles. The Morgan fingerprint density at radius 1 is 0.871 bits per heavy atom. The highest BCUT2D eigenvalue weighted by Crippen LogP contribution is 2.27. The van der Waals surface area contributed by atoms with Gasteiger partial charge in [-0.25, -0.2) is 0 Å². The first-order valence-corrected chi connectivity index (χ1v) is 10.4. The van der Waals surface area contributed by atoms with E-state index in [9.17, 15) is 9.59 Å². The molecular weight excluding hydrogens is 396 g/mol. The van der Waals surface area contributed by atoms with Crippen molar-refractivity contribution in [3.8, 4) is 11.5 Å². The van der Waals surface area contributed by atoms with E-state index < -0.39 is 0 Å². The number of piperazine rings is 1. The predicted molar refractivity (Wildman–Crippen MR) is 119 cm³/mol. The maximum absolute atomic E-state index is 12.1. The van der Waals surface area contributed by atoms with Gasteiger partial charge >= 0.3 is 0 Å². The lowest BCUT2D eigenvalue weighted by Crippen LogP contribution is -2.48. The molecule has 1 heterocycles. The summed E-state index contributed by atoms with van der Waals surface area (Å²) in [5.41, 5.74) is 6.97. The number of para-hydroxylation sites is 1. The van der Waals surface area contributed by atoms with Crippen LogP contribution in [0, 0.1) is 0 Å². The van der Waals surface area contributed by atoms with Crippen molar-refractivity contribution in [2.45, 2.75) is 12.8 Å². The molecule has 166 valence electrons. The van der Waals surface area contributed by atoms with E-state index in [2.05, 4.69) is 32.8 Å². The fourth-order valence-electron chi connectivity index (χ4n) is 3.55. The number of nitrogens with one attached hydrogen (secondary N) is 2. The molecule has 2 amide bonds. The first-order chi connectivity index (χ1) is 15.1. The molecule has 0 saturated carbocycles. The zero-order valence-corrected chi connectivity index (χ0v) is 18.1.